The van der Waals surface area contributed by atoms with Gasteiger partial charge in [-0.25, -0.2) is 8.42 Å². The highest BCUT2D eigenvalue weighted by Gasteiger charge is 2.32. The van der Waals surface area contributed by atoms with Crippen LogP contribution in [0.1, 0.15) is 39.0 Å². The summed E-state index contributed by atoms with van der Waals surface area (Å²) >= 11 is 0. The number of carbonyl (C=O) groups is 1. The van der Waals surface area contributed by atoms with Gasteiger partial charge in [0.05, 0.1) is 11.5 Å². The SMILES string of the molecule is CC(C(=O)NCCCC1CCS(=O)(=O)C1)C1CC1. The van der Waals surface area contributed by atoms with Crippen LogP contribution in [-0.4, -0.2) is 32.4 Å². The molecule has 104 valence electrons. The Bertz CT molecular complexity index is 400. The highest BCUT2D eigenvalue weighted by molar-refractivity contribution is 7.91. The van der Waals surface area contributed by atoms with Gasteiger partial charge in [-0.15, -0.1) is 0 Å². The van der Waals surface area contributed by atoms with Crippen molar-refractivity contribution in [2.45, 2.75) is 39.0 Å². The van der Waals surface area contributed by atoms with Crippen molar-refractivity contribution in [1.82, 2.24) is 5.32 Å². The molecule has 4 nitrogen and oxygen atoms in total. The van der Waals surface area contributed by atoms with Crippen LogP contribution in [0.3, 0.4) is 0 Å². The zero-order chi connectivity index (χ0) is 13.2. The van der Waals surface area contributed by atoms with Crippen LogP contribution in [0.4, 0.5) is 0 Å². The number of hydrogen-bond donors (Lipinski definition) is 1. The van der Waals surface area contributed by atoms with Gasteiger partial charge in [0.25, 0.3) is 0 Å². The fourth-order valence-electron chi connectivity index (χ4n) is 2.67. The van der Waals surface area contributed by atoms with Crippen LogP contribution < -0.4 is 5.32 Å². The second-order valence-electron chi connectivity index (χ2n) is 5.83. The van der Waals surface area contributed by atoms with Crippen molar-refractivity contribution in [3.8, 4) is 0 Å². The van der Waals surface area contributed by atoms with Gasteiger partial charge in [0.2, 0.25) is 5.91 Å². The first-order valence-corrected chi connectivity index (χ1v) is 8.78. The molecule has 0 aromatic rings. The van der Waals surface area contributed by atoms with E-state index < -0.39 is 9.84 Å². The number of nitrogens with one attached hydrogen (secondary N) is 1. The Labute approximate surface area is 109 Å². The van der Waals surface area contributed by atoms with Gasteiger partial charge in [-0.3, -0.25) is 4.79 Å². The minimum Gasteiger partial charge on any atom is -0.356 e. The van der Waals surface area contributed by atoms with Crippen LogP contribution >= 0.6 is 0 Å². The van der Waals surface area contributed by atoms with Gasteiger partial charge in [0, 0.05) is 12.5 Å². The molecule has 1 saturated heterocycles. The lowest BCUT2D eigenvalue weighted by molar-refractivity contribution is -0.125. The molecule has 1 saturated carbocycles. The number of sulfone groups is 1. The van der Waals surface area contributed by atoms with E-state index in [2.05, 4.69) is 5.32 Å². The van der Waals surface area contributed by atoms with E-state index in [0.29, 0.717) is 29.9 Å². The standard InChI is InChI=1S/C13H23NO3S/c1-10(12-4-5-12)13(15)14-7-2-3-11-6-8-18(16,17)9-11/h10-12H,2-9H2,1H3,(H,14,15). The second kappa shape index (κ2) is 5.59. The topological polar surface area (TPSA) is 63.2 Å². The summed E-state index contributed by atoms with van der Waals surface area (Å²) in [4.78, 5) is 11.7. The minimum absolute atomic E-state index is 0.150. The number of hydrogen-bond acceptors (Lipinski definition) is 3. The normalized spacial score (nSPS) is 27.9. The summed E-state index contributed by atoms with van der Waals surface area (Å²) in [6, 6.07) is 0. The third-order valence-corrected chi connectivity index (χ3v) is 5.99. The molecule has 0 aromatic carbocycles. The molecular formula is C13H23NO3S. The van der Waals surface area contributed by atoms with Crippen molar-refractivity contribution in [1.29, 1.82) is 0 Å². The average molecular weight is 273 g/mol. The molecule has 0 spiro atoms. The average Bonchev–Trinajstić information content (AvgIpc) is 3.09. The summed E-state index contributed by atoms with van der Waals surface area (Å²) in [7, 11) is -2.75. The number of carbonyl (C=O) groups excluding carboxylic acids is 1. The van der Waals surface area contributed by atoms with Gasteiger partial charge in [0.1, 0.15) is 0 Å². The summed E-state index contributed by atoms with van der Waals surface area (Å²) in [6.45, 7) is 2.68. The molecule has 1 aliphatic carbocycles. The first-order valence-electron chi connectivity index (χ1n) is 6.96. The Hall–Kier alpha value is -0.580. The minimum atomic E-state index is -2.75. The summed E-state index contributed by atoms with van der Waals surface area (Å²) in [5, 5.41) is 2.96. The van der Waals surface area contributed by atoms with Crippen molar-refractivity contribution in [2.24, 2.45) is 17.8 Å². The first kappa shape index (κ1) is 13.8. The van der Waals surface area contributed by atoms with E-state index >= 15 is 0 Å². The van der Waals surface area contributed by atoms with Gasteiger partial charge < -0.3 is 5.32 Å². The molecular weight excluding hydrogens is 250 g/mol. The van der Waals surface area contributed by atoms with E-state index in [-0.39, 0.29) is 11.8 Å². The number of amides is 1. The van der Waals surface area contributed by atoms with Crippen molar-refractivity contribution < 1.29 is 13.2 Å². The summed E-state index contributed by atoms with van der Waals surface area (Å²) in [5.74, 6) is 1.92. The van der Waals surface area contributed by atoms with Crippen molar-refractivity contribution in [2.75, 3.05) is 18.1 Å². The fourth-order valence-corrected chi connectivity index (χ4v) is 4.58. The molecule has 0 bridgehead atoms. The molecule has 0 aromatic heterocycles. The van der Waals surface area contributed by atoms with E-state index in [0.717, 1.165) is 19.3 Å². The van der Waals surface area contributed by atoms with E-state index in [4.69, 9.17) is 0 Å². The highest BCUT2D eigenvalue weighted by atomic mass is 32.2. The molecule has 2 rings (SSSR count). The molecule has 2 fully saturated rings. The lowest BCUT2D eigenvalue weighted by atomic mass is 10.0. The third kappa shape index (κ3) is 3.97. The molecule has 18 heavy (non-hydrogen) atoms. The Morgan fingerprint density at radius 2 is 2.06 bits per heavy atom. The van der Waals surface area contributed by atoms with Gasteiger partial charge in [-0.2, -0.15) is 0 Å². The monoisotopic (exact) mass is 273 g/mol. The lowest BCUT2D eigenvalue weighted by Gasteiger charge is -2.12. The van der Waals surface area contributed by atoms with Crippen LogP contribution in [0.5, 0.6) is 0 Å². The Morgan fingerprint density at radius 3 is 2.61 bits per heavy atom. The first-order chi connectivity index (χ1) is 8.48. The van der Waals surface area contributed by atoms with Crippen LogP contribution in [0.15, 0.2) is 0 Å². The molecule has 1 aliphatic heterocycles. The fraction of sp³-hybridized carbons (Fsp3) is 0.923. The van der Waals surface area contributed by atoms with E-state index in [1.807, 2.05) is 6.92 Å². The quantitative estimate of drug-likeness (QED) is 0.743. The maximum atomic E-state index is 11.7. The summed E-state index contributed by atoms with van der Waals surface area (Å²) in [6.07, 6.45) is 4.98. The van der Waals surface area contributed by atoms with Gasteiger partial charge >= 0.3 is 0 Å². The van der Waals surface area contributed by atoms with Gasteiger partial charge in [-0.05, 0) is 43.9 Å². The van der Waals surface area contributed by atoms with E-state index in [1.165, 1.54) is 12.8 Å². The van der Waals surface area contributed by atoms with Gasteiger partial charge in [0.15, 0.2) is 9.84 Å². The largest absolute Gasteiger partial charge is 0.356 e. The van der Waals surface area contributed by atoms with Crippen LogP contribution in [0.25, 0.3) is 0 Å². The molecule has 1 heterocycles. The van der Waals surface area contributed by atoms with Crippen molar-refractivity contribution in [3.05, 3.63) is 0 Å². The Kier molecular flexibility index (Phi) is 4.30. The Morgan fingerprint density at radius 1 is 1.33 bits per heavy atom. The van der Waals surface area contributed by atoms with Gasteiger partial charge in [-0.1, -0.05) is 6.92 Å². The summed E-state index contributed by atoms with van der Waals surface area (Å²) < 4.78 is 22.6. The maximum Gasteiger partial charge on any atom is 0.223 e. The maximum absolute atomic E-state index is 11.7. The van der Waals surface area contributed by atoms with Crippen molar-refractivity contribution in [3.63, 3.8) is 0 Å². The van der Waals surface area contributed by atoms with Crippen LogP contribution in [0.2, 0.25) is 0 Å². The predicted octanol–water partition coefficient (Wildman–Crippen LogP) is 1.36. The molecule has 5 heteroatoms. The number of rotatable bonds is 6. The second-order valence-corrected chi connectivity index (χ2v) is 8.06. The Balaban J connectivity index is 1.57. The summed E-state index contributed by atoms with van der Waals surface area (Å²) in [5.41, 5.74) is 0. The van der Waals surface area contributed by atoms with Crippen molar-refractivity contribution >= 4 is 15.7 Å². The van der Waals surface area contributed by atoms with Crippen LogP contribution in [0, 0.1) is 17.8 Å². The molecule has 0 radical (unpaired) electrons. The predicted molar refractivity (Wildman–Crippen MR) is 70.9 cm³/mol. The molecule has 2 aliphatic rings. The van der Waals surface area contributed by atoms with E-state index in [9.17, 15) is 13.2 Å². The zero-order valence-electron chi connectivity index (χ0n) is 11.0. The third-order valence-electron chi connectivity index (χ3n) is 4.16. The smallest absolute Gasteiger partial charge is 0.223 e. The zero-order valence-corrected chi connectivity index (χ0v) is 11.8. The molecule has 2 unspecified atom stereocenters. The molecule has 1 N–H and O–H groups in total. The van der Waals surface area contributed by atoms with Crippen LogP contribution in [-0.2, 0) is 14.6 Å². The lowest BCUT2D eigenvalue weighted by Crippen LogP contribution is -2.31. The molecule has 1 amide bonds. The molecule has 2 atom stereocenters. The highest BCUT2D eigenvalue weighted by Crippen LogP contribution is 2.36. The van der Waals surface area contributed by atoms with E-state index in [1.54, 1.807) is 0 Å².